The third-order valence-electron chi connectivity index (χ3n) is 4.08. The molecule has 1 aliphatic rings. The lowest BCUT2D eigenvalue weighted by molar-refractivity contribution is 0.238. The lowest BCUT2D eigenvalue weighted by Gasteiger charge is -2.33. The van der Waals surface area contributed by atoms with Crippen molar-refractivity contribution in [2.75, 3.05) is 7.05 Å². The van der Waals surface area contributed by atoms with Crippen LogP contribution in [0.2, 0.25) is 5.02 Å². The molecule has 0 heterocycles. The topological polar surface area (TPSA) is 12.0 Å². The van der Waals surface area contributed by atoms with Gasteiger partial charge in [0.1, 0.15) is 0 Å². The Kier molecular flexibility index (Phi) is 4.47. The van der Waals surface area contributed by atoms with Crippen LogP contribution in [0, 0.1) is 11.8 Å². The number of halogens is 1. The molecule has 1 aromatic rings. The second-order valence-electron chi connectivity index (χ2n) is 5.31. The lowest BCUT2D eigenvalue weighted by atomic mass is 9.77. The van der Waals surface area contributed by atoms with Crippen LogP contribution in [0.3, 0.4) is 0 Å². The van der Waals surface area contributed by atoms with E-state index in [0.717, 1.165) is 16.9 Å². The SMILES string of the molecule is CNC(c1ccccc1Cl)C1CCC(C)CC1. The maximum absolute atomic E-state index is 6.31. The quantitative estimate of drug-likeness (QED) is 0.838. The van der Waals surface area contributed by atoms with Crippen molar-refractivity contribution in [1.82, 2.24) is 5.32 Å². The summed E-state index contributed by atoms with van der Waals surface area (Å²) in [6.45, 7) is 2.36. The molecule has 1 N–H and O–H groups in total. The molecule has 1 aromatic carbocycles. The van der Waals surface area contributed by atoms with E-state index in [0.29, 0.717) is 6.04 Å². The first kappa shape index (κ1) is 12.9. The van der Waals surface area contributed by atoms with E-state index >= 15 is 0 Å². The van der Waals surface area contributed by atoms with Crippen molar-refractivity contribution < 1.29 is 0 Å². The Hall–Kier alpha value is -0.530. The van der Waals surface area contributed by atoms with Crippen molar-refractivity contribution in [2.45, 2.75) is 38.6 Å². The summed E-state index contributed by atoms with van der Waals surface area (Å²) in [5, 5.41) is 4.35. The average molecular weight is 252 g/mol. The second kappa shape index (κ2) is 5.88. The van der Waals surface area contributed by atoms with E-state index in [-0.39, 0.29) is 0 Å². The van der Waals surface area contributed by atoms with Gasteiger partial charge in [-0.3, -0.25) is 0 Å². The number of hydrogen-bond donors (Lipinski definition) is 1. The molecule has 17 heavy (non-hydrogen) atoms. The van der Waals surface area contributed by atoms with Crippen LogP contribution in [-0.2, 0) is 0 Å². The zero-order valence-electron chi connectivity index (χ0n) is 10.7. The Morgan fingerprint density at radius 1 is 1.18 bits per heavy atom. The normalized spacial score (nSPS) is 26.8. The summed E-state index contributed by atoms with van der Waals surface area (Å²) in [6, 6.07) is 8.64. The molecular weight excluding hydrogens is 230 g/mol. The predicted octanol–water partition coefficient (Wildman–Crippen LogP) is 4.43. The van der Waals surface area contributed by atoms with Gasteiger partial charge in [-0.15, -0.1) is 0 Å². The third-order valence-corrected chi connectivity index (χ3v) is 4.43. The Morgan fingerprint density at radius 3 is 2.41 bits per heavy atom. The molecule has 0 aliphatic heterocycles. The van der Waals surface area contributed by atoms with Crippen molar-refractivity contribution in [1.29, 1.82) is 0 Å². The van der Waals surface area contributed by atoms with Crippen LogP contribution >= 0.6 is 11.6 Å². The van der Waals surface area contributed by atoms with Crippen molar-refractivity contribution in [2.24, 2.45) is 11.8 Å². The van der Waals surface area contributed by atoms with Crippen molar-refractivity contribution in [3.05, 3.63) is 34.9 Å². The fourth-order valence-electron chi connectivity index (χ4n) is 2.99. The zero-order valence-corrected chi connectivity index (χ0v) is 11.5. The van der Waals surface area contributed by atoms with E-state index in [1.807, 2.05) is 19.2 Å². The van der Waals surface area contributed by atoms with Gasteiger partial charge in [-0.05, 0) is 43.4 Å². The molecule has 1 aliphatic carbocycles. The van der Waals surface area contributed by atoms with E-state index in [9.17, 15) is 0 Å². The molecule has 0 aromatic heterocycles. The fourth-order valence-corrected chi connectivity index (χ4v) is 3.24. The highest BCUT2D eigenvalue weighted by atomic mass is 35.5. The minimum Gasteiger partial charge on any atom is -0.313 e. The summed E-state index contributed by atoms with van der Waals surface area (Å²) in [6.07, 6.45) is 5.34. The van der Waals surface area contributed by atoms with Crippen molar-refractivity contribution in [3.63, 3.8) is 0 Å². The molecule has 0 amide bonds. The lowest BCUT2D eigenvalue weighted by Crippen LogP contribution is -2.28. The van der Waals surface area contributed by atoms with Crippen LogP contribution in [-0.4, -0.2) is 7.05 Å². The van der Waals surface area contributed by atoms with Crippen molar-refractivity contribution in [3.8, 4) is 0 Å². The molecule has 0 radical (unpaired) electrons. The number of hydrogen-bond acceptors (Lipinski definition) is 1. The molecule has 94 valence electrons. The summed E-state index contributed by atoms with van der Waals surface area (Å²) in [5.74, 6) is 1.63. The van der Waals surface area contributed by atoms with Crippen LogP contribution < -0.4 is 5.32 Å². The highest BCUT2D eigenvalue weighted by Gasteiger charge is 2.27. The molecule has 0 bridgehead atoms. The first-order valence-electron chi connectivity index (χ1n) is 6.64. The second-order valence-corrected chi connectivity index (χ2v) is 5.72. The predicted molar refractivity (Wildman–Crippen MR) is 74.4 cm³/mol. The van der Waals surface area contributed by atoms with Gasteiger partial charge >= 0.3 is 0 Å². The van der Waals surface area contributed by atoms with Gasteiger partial charge in [-0.25, -0.2) is 0 Å². The first-order chi connectivity index (χ1) is 8.22. The summed E-state index contributed by atoms with van der Waals surface area (Å²) >= 11 is 6.31. The standard InChI is InChI=1S/C15H22ClN/c1-11-7-9-12(10-8-11)15(17-2)13-5-3-4-6-14(13)16/h3-6,11-12,15,17H,7-10H2,1-2H3. The van der Waals surface area contributed by atoms with Gasteiger partial charge in [-0.1, -0.05) is 49.6 Å². The van der Waals surface area contributed by atoms with E-state index in [1.165, 1.54) is 31.2 Å². The first-order valence-corrected chi connectivity index (χ1v) is 7.02. The summed E-state index contributed by atoms with van der Waals surface area (Å²) in [5.41, 5.74) is 1.26. The third kappa shape index (κ3) is 3.02. The number of rotatable bonds is 3. The van der Waals surface area contributed by atoms with Gasteiger partial charge in [0.15, 0.2) is 0 Å². The van der Waals surface area contributed by atoms with Gasteiger partial charge in [0.25, 0.3) is 0 Å². The summed E-state index contributed by atoms with van der Waals surface area (Å²) in [4.78, 5) is 0. The van der Waals surface area contributed by atoms with Gasteiger partial charge in [0.2, 0.25) is 0 Å². The minimum atomic E-state index is 0.413. The molecule has 2 rings (SSSR count). The van der Waals surface area contributed by atoms with Crippen LogP contribution in [0.1, 0.15) is 44.2 Å². The van der Waals surface area contributed by atoms with Crippen LogP contribution in [0.5, 0.6) is 0 Å². The minimum absolute atomic E-state index is 0.413. The molecular formula is C15H22ClN. The largest absolute Gasteiger partial charge is 0.313 e. The highest BCUT2D eigenvalue weighted by molar-refractivity contribution is 6.31. The van der Waals surface area contributed by atoms with Gasteiger partial charge in [-0.2, -0.15) is 0 Å². The Bertz CT molecular complexity index is 356. The molecule has 0 saturated heterocycles. The maximum atomic E-state index is 6.31. The average Bonchev–Trinajstić information content (AvgIpc) is 2.35. The molecule has 1 unspecified atom stereocenters. The van der Waals surface area contributed by atoms with Gasteiger partial charge < -0.3 is 5.32 Å². The van der Waals surface area contributed by atoms with Crippen LogP contribution in [0.15, 0.2) is 24.3 Å². The molecule has 1 saturated carbocycles. The Morgan fingerprint density at radius 2 is 1.82 bits per heavy atom. The Labute approximate surface area is 110 Å². The summed E-state index contributed by atoms with van der Waals surface area (Å²) in [7, 11) is 2.05. The van der Waals surface area contributed by atoms with E-state index in [2.05, 4.69) is 24.4 Å². The molecule has 0 spiro atoms. The van der Waals surface area contributed by atoms with E-state index in [1.54, 1.807) is 0 Å². The zero-order chi connectivity index (χ0) is 12.3. The monoisotopic (exact) mass is 251 g/mol. The van der Waals surface area contributed by atoms with Crippen LogP contribution in [0.25, 0.3) is 0 Å². The smallest absolute Gasteiger partial charge is 0.0453 e. The molecule has 1 nitrogen and oxygen atoms in total. The highest BCUT2D eigenvalue weighted by Crippen LogP contribution is 2.38. The van der Waals surface area contributed by atoms with Crippen LogP contribution in [0.4, 0.5) is 0 Å². The molecule has 1 fully saturated rings. The van der Waals surface area contributed by atoms with E-state index < -0.39 is 0 Å². The van der Waals surface area contributed by atoms with Gasteiger partial charge in [0, 0.05) is 11.1 Å². The van der Waals surface area contributed by atoms with Crippen molar-refractivity contribution >= 4 is 11.6 Å². The number of benzene rings is 1. The maximum Gasteiger partial charge on any atom is 0.0453 e. The van der Waals surface area contributed by atoms with E-state index in [4.69, 9.17) is 11.6 Å². The number of nitrogens with one attached hydrogen (secondary N) is 1. The van der Waals surface area contributed by atoms with Gasteiger partial charge in [0.05, 0.1) is 0 Å². The Balaban J connectivity index is 2.14. The molecule has 2 heteroatoms. The molecule has 1 atom stereocenters. The summed E-state index contributed by atoms with van der Waals surface area (Å²) < 4.78 is 0. The fraction of sp³-hybridized carbons (Fsp3) is 0.600.